The summed E-state index contributed by atoms with van der Waals surface area (Å²) in [6.45, 7) is 3.46. The van der Waals surface area contributed by atoms with E-state index in [4.69, 9.17) is 0 Å². The summed E-state index contributed by atoms with van der Waals surface area (Å²) in [6.07, 6.45) is 0. The van der Waals surface area contributed by atoms with E-state index < -0.39 is 22.0 Å². The Morgan fingerprint density at radius 1 is 1.29 bits per heavy atom. The Morgan fingerprint density at radius 2 is 2.00 bits per heavy atom. The molecule has 2 rings (SSSR count). The van der Waals surface area contributed by atoms with E-state index in [9.17, 15) is 18.3 Å². The van der Waals surface area contributed by atoms with Crippen molar-refractivity contribution in [1.82, 2.24) is 4.72 Å². The lowest BCUT2D eigenvalue weighted by Gasteiger charge is -2.15. The van der Waals surface area contributed by atoms with Crippen LogP contribution in [0, 0.1) is 13.8 Å². The second-order valence-corrected chi connectivity index (χ2v) is 7.34. The van der Waals surface area contributed by atoms with Gasteiger partial charge in [0.2, 0.25) is 10.0 Å². The molecule has 0 aliphatic carbocycles. The van der Waals surface area contributed by atoms with E-state index in [1.54, 1.807) is 37.4 Å². The second-order valence-electron chi connectivity index (χ2n) is 4.68. The average Bonchev–Trinajstić information content (AvgIpc) is 2.92. The normalized spacial score (nSPS) is 13.0. The van der Waals surface area contributed by atoms with Crippen molar-refractivity contribution in [2.45, 2.75) is 24.8 Å². The van der Waals surface area contributed by atoms with Crippen LogP contribution in [0.5, 0.6) is 0 Å². The summed E-state index contributed by atoms with van der Waals surface area (Å²) in [5, 5.41) is 11.0. The third kappa shape index (κ3) is 3.49. The van der Waals surface area contributed by atoms with Gasteiger partial charge in [-0.25, -0.2) is 8.42 Å². The van der Waals surface area contributed by atoms with Crippen molar-refractivity contribution in [3.05, 3.63) is 51.7 Å². The molecule has 112 valence electrons. The van der Waals surface area contributed by atoms with E-state index in [-0.39, 0.29) is 4.90 Å². The van der Waals surface area contributed by atoms with Crippen LogP contribution in [0.3, 0.4) is 0 Å². The summed E-state index contributed by atoms with van der Waals surface area (Å²) in [7, 11) is -3.91. The minimum atomic E-state index is -3.91. The number of thiophene rings is 1. The number of hydrogen-bond acceptors (Lipinski definition) is 4. The number of hydrogen-bond donors (Lipinski definition) is 2. The molecule has 0 aliphatic rings. The Morgan fingerprint density at radius 3 is 2.57 bits per heavy atom. The van der Waals surface area contributed by atoms with Crippen molar-refractivity contribution in [2.75, 3.05) is 0 Å². The molecule has 1 unspecified atom stereocenters. The maximum Gasteiger partial charge on any atom is 0.327 e. The number of carbonyl (C=O) groups is 1. The molecule has 1 atom stereocenters. The third-order valence-corrected chi connectivity index (χ3v) is 5.48. The lowest BCUT2D eigenvalue weighted by molar-refractivity contribution is -0.139. The quantitative estimate of drug-likeness (QED) is 0.884. The number of rotatable bonds is 5. The fourth-order valence-electron chi connectivity index (χ4n) is 1.90. The molecular weight excluding hydrogens is 310 g/mol. The van der Waals surface area contributed by atoms with Crippen LogP contribution < -0.4 is 4.72 Å². The molecule has 7 heteroatoms. The van der Waals surface area contributed by atoms with Crippen LogP contribution in [0.4, 0.5) is 0 Å². The van der Waals surface area contributed by atoms with Crippen molar-refractivity contribution in [3.63, 3.8) is 0 Å². The van der Waals surface area contributed by atoms with E-state index in [0.29, 0.717) is 10.4 Å². The zero-order chi connectivity index (χ0) is 15.6. The van der Waals surface area contributed by atoms with E-state index >= 15 is 0 Å². The monoisotopic (exact) mass is 325 g/mol. The number of carboxylic acids is 1. The molecular formula is C14H15NO4S2. The first-order chi connectivity index (χ1) is 9.81. The molecule has 0 amide bonds. The smallest absolute Gasteiger partial charge is 0.327 e. The molecule has 0 aliphatic heterocycles. The van der Waals surface area contributed by atoms with Gasteiger partial charge in [-0.2, -0.15) is 4.72 Å². The minimum Gasteiger partial charge on any atom is -0.480 e. The molecule has 1 aromatic heterocycles. The first kappa shape index (κ1) is 15.7. The maximum absolute atomic E-state index is 12.4. The lowest BCUT2D eigenvalue weighted by Crippen LogP contribution is -2.33. The highest BCUT2D eigenvalue weighted by molar-refractivity contribution is 7.89. The SMILES string of the molecule is Cc1ccc(C)c(S(=O)(=O)NC(C(=O)O)c2cccs2)c1. The van der Waals surface area contributed by atoms with Gasteiger partial charge in [0, 0.05) is 4.88 Å². The molecule has 21 heavy (non-hydrogen) atoms. The van der Waals surface area contributed by atoms with Gasteiger partial charge in [0.05, 0.1) is 4.90 Å². The third-order valence-electron chi connectivity index (χ3n) is 2.98. The summed E-state index contributed by atoms with van der Waals surface area (Å²) < 4.78 is 27.2. The first-order valence-electron chi connectivity index (χ1n) is 6.17. The Labute approximate surface area is 127 Å². The van der Waals surface area contributed by atoms with E-state index in [1.807, 2.05) is 6.07 Å². The number of aliphatic carboxylic acids is 1. The molecule has 0 bridgehead atoms. The van der Waals surface area contributed by atoms with Gasteiger partial charge in [0.25, 0.3) is 0 Å². The van der Waals surface area contributed by atoms with Gasteiger partial charge >= 0.3 is 5.97 Å². The molecule has 0 saturated carbocycles. The van der Waals surface area contributed by atoms with Crippen LogP contribution in [0.2, 0.25) is 0 Å². The van der Waals surface area contributed by atoms with Gasteiger partial charge in [0.1, 0.15) is 0 Å². The molecule has 5 nitrogen and oxygen atoms in total. The van der Waals surface area contributed by atoms with E-state index in [1.165, 1.54) is 17.4 Å². The van der Waals surface area contributed by atoms with E-state index in [0.717, 1.165) is 5.56 Å². The number of aryl methyl sites for hydroxylation is 2. The summed E-state index contributed by atoms with van der Waals surface area (Å²) in [5.74, 6) is -1.23. The zero-order valence-electron chi connectivity index (χ0n) is 11.5. The van der Waals surface area contributed by atoms with Crippen LogP contribution in [0.15, 0.2) is 40.6 Å². The van der Waals surface area contributed by atoms with Gasteiger partial charge in [-0.3, -0.25) is 4.79 Å². The summed E-state index contributed by atoms with van der Waals surface area (Å²) in [4.78, 5) is 11.9. The van der Waals surface area contributed by atoms with Crippen molar-refractivity contribution >= 4 is 27.3 Å². The van der Waals surface area contributed by atoms with Crippen molar-refractivity contribution in [1.29, 1.82) is 0 Å². The van der Waals surface area contributed by atoms with Crippen LogP contribution in [-0.4, -0.2) is 19.5 Å². The minimum absolute atomic E-state index is 0.102. The van der Waals surface area contributed by atoms with Crippen LogP contribution in [-0.2, 0) is 14.8 Å². The number of carboxylic acid groups (broad SMARTS) is 1. The zero-order valence-corrected chi connectivity index (χ0v) is 13.2. The van der Waals surface area contributed by atoms with Crippen molar-refractivity contribution in [3.8, 4) is 0 Å². The molecule has 0 saturated heterocycles. The Balaban J connectivity index is 2.40. The Bertz CT molecular complexity index is 751. The topological polar surface area (TPSA) is 83.5 Å². The highest BCUT2D eigenvalue weighted by Gasteiger charge is 2.28. The molecule has 0 spiro atoms. The van der Waals surface area contributed by atoms with E-state index in [2.05, 4.69) is 4.72 Å². The number of nitrogens with one attached hydrogen (secondary N) is 1. The largest absolute Gasteiger partial charge is 0.480 e. The van der Waals surface area contributed by atoms with Gasteiger partial charge in [-0.05, 0) is 42.5 Å². The Kier molecular flexibility index (Phi) is 4.46. The fraction of sp³-hybridized carbons (Fsp3) is 0.214. The van der Waals surface area contributed by atoms with Crippen LogP contribution in [0.1, 0.15) is 22.0 Å². The maximum atomic E-state index is 12.4. The van der Waals surface area contributed by atoms with Gasteiger partial charge in [0.15, 0.2) is 6.04 Å². The highest BCUT2D eigenvalue weighted by atomic mass is 32.2. The van der Waals surface area contributed by atoms with Crippen molar-refractivity contribution in [2.24, 2.45) is 0 Å². The second kappa shape index (κ2) is 5.97. The highest BCUT2D eigenvalue weighted by Crippen LogP contribution is 2.23. The molecule has 0 radical (unpaired) electrons. The molecule has 0 fully saturated rings. The average molecular weight is 325 g/mol. The van der Waals surface area contributed by atoms with Gasteiger partial charge < -0.3 is 5.11 Å². The molecule has 1 heterocycles. The molecule has 2 N–H and O–H groups in total. The first-order valence-corrected chi connectivity index (χ1v) is 8.53. The predicted molar refractivity (Wildman–Crippen MR) is 80.9 cm³/mol. The Hall–Kier alpha value is -1.70. The van der Waals surface area contributed by atoms with Gasteiger partial charge in [-0.15, -0.1) is 11.3 Å². The van der Waals surface area contributed by atoms with Crippen LogP contribution in [0.25, 0.3) is 0 Å². The fourth-order valence-corrected chi connectivity index (χ4v) is 4.24. The summed E-state index contributed by atoms with van der Waals surface area (Å²) in [5.41, 5.74) is 1.37. The number of benzene rings is 1. The van der Waals surface area contributed by atoms with Crippen molar-refractivity contribution < 1.29 is 18.3 Å². The number of sulfonamides is 1. The predicted octanol–water partition coefficient (Wildman–Crippen LogP) is 2.47. The summed E-state index contributed by atoms with van der Waals surface area (Å²) in [6, 6.07) is 7.03. The molecule has 2 aromatic rings. The standard InChI is InChI=1S/C14H15NO4S2/c1-9-5-6-10(2)12(8-9)21(18,19)15-13(14(16)17)11-4-3-7-20-11/h3-8,13,15H,1-2H3,(H,16,17). The lowest BCUT2D eigenvalue weighted by atomic mass is 10.2. The summed E-state index contributed by atoms with van der Waals surface area (Å²) >= 11 is 1.19. The van der Waals surface area contributed by atoms with Gasteiger partial charge in [-0.1, -0.05) is 18.2 Å². The van der Waals surface area contributed by atoms with Crippen LogP contribution >= 0.6 is 11.3 Å². The molecule has 1 aromatic carbocycles.